The van der Waals surface area contributed by atoms with Crippen molar-refractivity contribution in [1.82, 2.24) is 0 Å². The first-order valence-electron chi connectivity index (χ1n) is 6.38. The van der Waals surface area contributed by atoms with E-state index in [1.807, 2.05) is 0 Å². The van der Waals surface area contributed by atoms with Crippen molar-refractivity contribution in [3.63, 3.8) is 0 Å². The van der Waals surface area contributed by atoms with Crippen LogP contribution in [0.25, 0.3) is 0 Å². The summed E-state index contributed by atoms with van der Waals surface area (Å²) < 4.78 is 0. The van der Waals surface area contributed by atoms with Crippen molar-refractivity contribution in [1.29, 1.82) is 0 Å². The van der Waals surface area contributed by atoms with Gasteiger partial charge in [0, 0.05) is 0 Å². The first-order valence-corrected chi connectivity index (χ1v) is 6.38. The Hall–Kier alpha value is -1.56. The van der Waals surface area contributed by atoms with Crippen LogP contribution in [0.3, 0.4) is 0 Å². The molecule has 1 saturated carbocycles. The quantitative estimate of drug-likeness (QED) is 0.697. The second-order valence-corrected chi connectivity index (χ2v) is 4.77. The normalized spacial score (nSPS) is 23.8. The molecule has 2 aromatic carbocycles. The smallest absolute Gasteiger partial charge is 0.00619 e. The van der Waals surface area contributed by atoms with Crippen LogP contribution in [-0.4, -0.2) is 0 Å². The average molecular weight is 221 g/mol. The van der Waals surface area contributed by atoms with E-state index >= 15 is 0 Å². The van der Waals surface area contributed by atoms with Crippen LogP contribution in [0.1, 0.15) is 35.8 Å². The third-order valence-electron chi connectivity index (χ3n) is 3.74. The molecule has 17 heavy (non-hydrogen) atoms. The lowest BCUT2D eigenvalue weighted by atomic mass is 9.84. The molecule has 0 aliphatic heterocycles. The summed E-state index contributed by atoms with van der Waals surface area (Å²) in [5, 5.41) is 0. The molecule has 2 aromatic rings. The third kappa shape index (κ3) is 2.12. The van der Waals surface area contributed by atoms with Gasteiger partial charge in [-0.2, -0.15) is 0 Å². The minimum absolute atomic E-state index is 0.596. The Labute approximate surface area is 103 Å². The van der Waals surface area contributed by atoms with Crippen molar-refractivity contribution < 1.29 is 0 Å². The van der Waals surface area contributed by atoms with E-state index in [2.05, 4.69) is 67.1 Å². The fourth-order valence-electron chi connectivity index (χ4n) is 2.92. The molecule has 0 heteroatoms. The molecular weight excluding hydrogens is 204 g/mol. The summed E-state index contributed by atoms with van der Waals surface area (Å²) in [6, 6.07) is 21.8. The molecule has 1 radical (unpaired) electrons. The van der Waals surface area contributed by atoms with Crippen LogP contribution in [0.5, 0.6) is 0 Å². The van der Waals surface area contributed by atoms with Crippen LogP contribution in [0.15, 0.2) is 60.7 Å². The van der Waals surface area contributed by atoms with Crippen molar-refractivity contribution in [3.8, 4) is 0 Å². The van der Waals surface area contributed by atoms with Crippen LogP contribution in [0.4, 0.5) is 0 Å². The zero-order chi connectivity index (χ0) is 11.5. The molecule has 0 saturated heterocycles. The van der Waals surface area contributed by atoms with E-state index in [1.54, 1.807) is 0 Å². The SMILES string of the molecule is [CH]1CCC(c2ccccc2)C1c1ccccc1. The van der Waals surface area contributed by atoms with E-state index in [-0.39, 0.29) is 0 Å². The predicted molar refractivity (Wildman–Crippen MR) is 71.9 cm³/mol. The van der Waals surface area contributed by atoms with Gasteiger partial charge in [0.05, 0.1) is 0 Å². The molecule has 0 spiro atoms. The van der Waals surface area contributed by atoms with Gasteiger partial charge < -0.3 is 0 Å². The number of hydrogen-bond acceptors (Lipinski definition) is 0. The molecule has 3 rings (SSSR count). The van der Waals surface area contributed by atoms with Crippen LogP contribution in [-0.2, 0) is 0 Å². The van der Waals surface area contributed by atoms with Gasteiger partial charge in [-0.25, -0.2) is 0 Å². The van der Waals surface area contributed by atoms with Gasteiger partial charge in [0.1, 0.15) is 0 Å². The number of hydrogen-bond donors (Lipinski definition) is 0. The van der Waals surface area contributed by atoms with Crippen LogP contribution >= 0.6 is 0 Å². The van der Waals surface area contributed by atoms with Crippen molar-refractivity contribution in [2.45, 2.75) is 24.7 Å². The summed E-state index contributed by atoms with van der Waals surface area (Å²) in [6.45, 7) is 0. The number of benzene rings is 2. The molecule has 2 unspecified atom stereocenters. The lowest BCUT2D eigenvalue weighted by molar-refractivity contribution is 0.656. The van der Waals surface area contributed by atoms with Crippen LogP contribution in [0, 0.1) is 6.42 Å². The Morgan fingerprint density at radius 2 is 1.29 bits per heavy atom. The molecule has 1 aliphatic rings. The molecular formula is C17H17. The molecule has 1 fully saturated rings. The van der Waals surface area contributed by atoms with Gasteiger partial charge in [-0.3, -0.25) is 0 Å². The van der Waals surface area contributed by atoms with Crippen molar-refractivity contribution in [3.05, 3.63) is 78.2 Å². The van der Waals surface area contributed by atoms with Gasteiger partial charge >= 0.3 is 0 Å². The minimum atomic E-state index is 0.596. The summed E-state index contributed by atoms with van der Waals surface area (Å²) in [5.74, 6) is 1.26. The zero-order valence-electron chi connectivity index (χ0n) is 9.92. The maximum Gasteiger partial charge on any atom is -0.00619 e. The summed E-state index contributed by atoms with van der Waals surface area (Å²) in [7, 11) is 0. The standard InChI is InChI=1S/C17H17/c1-3-8-14(9-4-1)16-12-7-13-17(16)15-10-5-2-6-11-15/h1-6,8-12,16-17H,7,13H2. The maximum atomic E-state index is 2.48. The molecule has 0 amide bonds. The van der Waals surface area contributed by atoms with Gasteiger partial charge in [-0.1, -0.05) is 60.7 Å². The van der Waals surface area contributed by atoms with Gasteiger partial charge in [-0.05, 0) is 42.2 Å². The molecule has 0 N–H and O–H groups in total. The summed E-state index contributed by atoms with van der Waals surface area (Å²) in [5.41, 5.74) is 2.94. The Bertz CT molecular complexity index is 412. The molecule has 2 atom stereocenters. The van der Waals surface area contributed by atoms with Crippen molar-refractivity contribution >= 4 is 0 Å². The summed E-state index contributed by atoms with van der Waals surface area (Å²) >= 11 is 0. The van der Waals surface area contributed by atoms with E-state index in [0.29, 0.717) is 11.8 Å². The van der Waals surface area contributed by atoms with Crippen molar-refractivity contribution in [2.24, 2.45) is 0 Å². The van der Waals surface area contributed by atoms with Gasteiger partial charge in [0.2, 0.25) is 0 Å². The van der Waals surface area contributed by atoms with E-state index in [9.17, 15) is 0 Å². The molecule has 0 bridgehead atoms. The highest BCUT2D eigenvalue weighted by molar-refractivity contribution is 5.33. The Morgan fingerprint density at radius 3 is 1.94 bits per heavy atom. The van der Waals surface area contributed by atoms with Gasteiger partial charge in [0.25, 0.3) is 0 Å². The first kappa shape index (κ1) is 10.6. The van der Waals surface area contributed by atoms with Crippen LogP contribution in [0.2, 0.25) is 0 Å². The highest BCUT2D eigenvalue weighted by Gasteiger charge is 2.29. The van der Waals surface area contributed by atoms with E-state index < -0.39 is 0 Å². The largest absolute Gasteiger partial charge is 0.0622 e. The fourth-order valence-corrected chi connectivity index (χ4v) is 2.92. The zero-order valence-corrected chi connectivity index (χ0v) is 9.92. The fraction of sp³-hybridized carbons (Fsp3) is 0.235. The van der Waals surface area contributed by atoms with Crippen molar-refractivity contribution in [2.75, 3.05) is 0 Å². The lowest BCUT2D eigenvalue weighted by Gasteiger charge is -2.20. The van der Waals surface area contributed by atoms with Gasteiger partial charge in [-0.15, -0.1) is 0 Å². The van der Waals surface area contributed by atoms with Gasteiger partial charge in [0.15, 0.2) is 0 Å². The maximum absolute atomic E-state index is 2.48. The highest BCUT2D eigenvalue weighted by atomic mass is 14.3. The molecule has 0 aromatic heterocycles. The molecule has 1 aliphatic carbocycles. The Balaban J connectivity index is 1.91. The topological polar surface area (TPSA) is 0 Å². The highest BCUT2D eigenvalue weighted by Crippen LogP contribution is 2.44. The van der Waals surface area contributed by atoms with E-state index in [0.717, 1.165) is 0 Å². The summed E-state index contributed by atoms with van der Waals surface area (Å²) in [4.78, 5) is 0. The lowest BCUT2D eigenvalue weighted by Crippen LogP contribution is -2.04. The second-order valence-electron chi connectivity index (χ2n) is 4.77. The monoisotopic (exact) mass is 221 g/mol. The predicted octanol–water partition coefficient (Wildman–Crippen LogP) is 4.55. The number of rotatable bonds is 2. The average Bonchev–Trinajstić information content (AvgIpc) is 2.90. The minimum Gasteiger partial charge on any atom is -0.0622 e. The molecule has 0 nitrogen and oxygen atoms in total. The Kier molecular flexibility index (Phi) is 2.96. The molecule has 85 valence electrons. The molecule has 0 heterocycles. The van der Waals surface area contributed by atoms with E-state index in [1.165, 1.54) is 24.0 Å². The Morgan fingerprint density at radius 1 is 0.706 bits per heavy atom. The van der Waals surface area contributed by atoms with Crippen LogP contribution < -0.4 is 0 Å². The first-order chi connectivity index (χ1) is 8.45. The summed E-state index contributed by atoms with van der Waals surface area (Å²) in [6.07, 6.45) is 5.00. The second kappa shape index (κ2) is 4.75. The van der Waals surface area contributed by atoms with E-state index in [4.69, 9.17) is 0 Å². The third-order valence-corrected chi connectivity index (χ3v) is 3.74.